The molecule has 1 atom stereocenters. The molecule has 0 saturated carbocycles. The first-order valence-corrected chi connectivity index (χ1v) is 10.5. The zero-order valence-corrected chi connectivity index (χ0v) is 17.8. The van der Waals surface area contributed by atoms with E-state index in [1.165, 1.54) is 15.9 Å². The lowest BCUT2D eigenvalue weighted by atomic mass is 10.1. The maximum absolute atomic E-state index is 14.1. The molecule has 1 aromatic carbocycles. The Balaban J connectivity index is 1.35. The van der Waals surface area contributed by atoms with Gasteiger partial charge in [-0.2, -0.15) is 4.98 Å². The van der Waals surface area contributed by atoms with Crippen molar-refractivity contribution in [1.29, 1.82) is 0 Å². The van der Waals surface area contributed by atoms with E-state index in [0.29, 0.717) is 37.9 Å². The van der Waals surface area contributed by atoms with E-state index < -0.39 is 5.82 Å². The maximum atomic E-state index is 14.1. The van der Waals surface area contributed by atoms with Crippen molar-refractivity contribution in [3.8, 4) is 5.88 Å². The molecule has 1 unspecified atom stereocenters. The number of ether oxygens (including phenoxy) is 1. The van der Waals surface area contributed by atoms with E-state index in [1.807, 2.05) is 13.8 Å². The summed E-state index contributed by atoms with van der Waals surface area (Å²) in [6, 6.07) is 7.60. The van der Waals surface area contributed by atoms with Crippen molar-refractivity contribution in [2.45, 2.75) is 32.8 Å². The van der Waals surface area contributed by atoms with Crippen LogP contribution in [0.3, 0.4) is 0 Å². The lowest BCUT2D eigenvalue weighted by Crippen LogP contribution is -2.48. The number of aromatic nitrogens is 2. The van der Waals surface area contributed by atoms with Gasteiger partial charge in [-0.1, -0.05) is 12.1 Å². The van der Waals surface area contributed by atoms with E-state index >= 15 is 0 Å². The molecule has 0 N–H and O–H groups in total. The second-order valence-corrected chi connectivity index (χ2v) is 7.92. The molecule has 2 aliphatic heterocycles. The summed E-state index contributed by atoms with van der Waals surface area (Å²) >= 11 is 0. The third-order valence-electron chi connectivity index (χ3n) is 5.53. The van der Waals surface area contributed by atoms with Crippen LogP contribution in [0.5, 0.6) is 5.88 Å². The molecule has 0 radical (unpaired) electrons. The average Bonchev–Trinajstić information content (AvgIpc) is 3.08. The summed E-state index contributed by atoms with van der Waals surface area (Å²) in [5, 5.41) is 0. The van der Waals surface area contributed by atoms with Crippen molar-refractivity contribution in [3.05, 3.63) is 47.7 Å². The van der Waals surface area contributed by atoms with Gasteiger partial charge in [0.05, 0.1) is 12.2 Å². The first kappa shape index (κ1) is 21.0. The highest BCUT2D eigenvalue weighted by Crippen LogP contribution is 2.24. The number of carbonyl (C=O) groups excluding carboxylic acids is 2. The largest absolute Gasteiger partial charge is 0.472 e. The number of hydrogen-bond donors (Lipinski definition) is 0. The minimum Gasteiger partial charge on any atom is -0.472 e. The number of anilines is 1. The molecule has 2 aliphatic rings. The fraction of sp³-hybridized carbons (Fsp3) is 0.455. The number of amides is 3. The van der Waals surface area contributed by atoms with Crippen LogP contribution >= 0.6 is 0 Å². The Hall–Kier alpha value is -3.23. The maximum Gasteiger partial charge on any atom is 0.325 e. The molecule has 3 heterocycles. The number of piperidine rings is 1. The van der Waals surface area contributed by atoms with Crippen LogP contribution in [0.2, 0.25) is 0 Å². The number of nitrogens with zero attached hydrogens (tertiary/aromatic N) is 5. The summed E-state index contributed by atoms with van der Waals surface area (Å²) in [5.41, 5.74) is 1.07. The molecular formula is C22H26FN5O3. The van der Waals surface area contributed by atoms with E-state index in [9.17, 15) is 14.0 Å². The standard InChI is InChI=1S/C22H26FN5O3/c1-15-12-20(25-16(2)24-15)31-17-6-5-9-26(13-17)21(29)14-27-10-11-28(22(27)30)19-8-4-3-7-18(19)23/h3-4,7-8,12,17H,5-6,9-11,13-14H2,1-2H3. The van der Waals surface area contributed by atoms with Crippen molar-refractivity contribution in [2.24, 2.45) is 0 Å². The van der Waals surface area contributed by atoms with Gasteiger partial charge in [0.2, 0.25) is 11.8 Å². The van der Waals surface area contributed by atoms with Crippen LogP contribution in [0.25, 0.3) is 0 Å². The second-order valence-electron chi connectivity index (χ2n) is 7.92. The van der Waals surface area contributed by atoms with Gasteiger partial charge in [-0.25, -0.2) is 14.2 Å². The first-order chi connectivity index (χ1) is 14.9. The number of benzene rings is 1. The minimum atomic E-state index is -0.449. The van der Waals surface area contributed by atoms with E-state index in [4.69, 9.17) is 4.74 Å². The van der Waals surface area contributed by atoms with Crippen LogP contribution in [-0.2, 0) is 4.79 Å². The highest BCUT2D eigenvalue weighted by atomic mass is 19.1. The van der Waals surface area contributed by atoms with Gasteiger partial charge in [-0.15, -0.1) is 0 Å². The molecular weight excluding hydrogens is 401 g/mol. The van der Waals surface area contributed by atoms with Crippen molar-refractivity contribution in [2.75, 3.05) is 37.6 Å². The van der Waals surface area contributed by atoms with E-state index in [0.717, 1.165) is 18.5 Å². The summed E-state index contributed by atoms with van der Waals surface area (Å²) in [6.45, 7) is 5.48. The van der Waals surface area contributed by atoms with Gasteiger partial charge in [0, 0.05) is 31.4 Å². The lowest BCUT2D eigenvalue weighted by molar-refractivity contribution is -0.134. The first-order valence-electron chi connectivity index (χ1n) is 10.5. The van der Waals surface area contributed by atoms with Gasteiger partial charge in [0.25, 0.3) is 0 Å². The number of halogens is 1. The molecule has 8 nitrogen and oxygen atoms in total. The van der Waals surface area contributed by atoms with Crippen molar-refractivity contribution < 1.29 is 18.7 Å². The number of rotatable bonds is 5. The fourth-order valence-corrected chi connectivity index (χ4v) is 4.06. The highest BCUT2D eigenvalue weighted by molar-refractivity contribution is 5.96. The van der Waals surface area contributed by atoms with Crippen molar-refractivity contribution in [1.82, 2.24) is 19.8 Å². The quantitative estimate of drug-likeness (QED) is 0.733. The van der Waals surface area contributed by atoms with Crippen molar-refractivity contribution >= 4 is 17.6 Å². The number of para-hydroxylation sites is 1. The second kappa shape index (κ2) is 8.87. The molecule has 0 bridgehead atoms. The average molecular weight is 427 g/mol. The van der Waals surface area contributed by atoms with Gasteiger partial charge in [-0.3, -0.25) is 9.69 Å². The zero-order valence-electron chi connectivity index (χ0n) is 17.8. The topological polar surface area (TPSA) is 78.9 Å². The molecule has 2 aromatic rings. The summed E-state index contributed by atoms with van der Waals surface area (Å²) in [4.78, 5) is 38.7. The third-order valence-corrected chi connectivity index (χ3v) is 5.53. The van der Waals surface area contributed by atoms with Crippen LogP contribution < -0.4 is 9.64 Å². The molecule has 3 amide bonds. The van der Waals surface area contributed by atoms with E-state index in [-0.39, 0.29) is 30.3 Å². The predicted octanol–water partition coefficient (Wildman–Crippen LogP) is 2.54. The Labute approximate surface area is 180 Å². The fourth-order valence-electron chi connectivity index (χ4n) is 4.06. The number of aryl methyl sites for hydroxylation is 2. The summed E-state index contributed by atoms with van der Waals surface area (Å²) in [6.07, 6.45) is 1.49. The molecule has 2 fully saturated rings. The van der Waals surface area contributed by atoms with Gasteiger partial charge in [0.1, 0.15) is 24.3 Å². The molecule has 31 heavy (non-hydrogen) atoms. The van der Waals surface area contributed by atoms with Gasteiger partial charge < -0.3 is 14.5 Å². The van der Waals surface area contributed by atoms with Crippen LogP contribution in [-0.4, -0.2) is 70.5 Å². The monoisotopic (exact) mass is 427 g/mol. The normalized spacial score (nSPS) is 19.1. The Kier molecular flexibility index (Phi) is 6.01. The summed E-state index contributed by atoms with van der Waals surface area (Å²) < 4.78 is 20.1. The molecule has 2 saturated heterocycles. The van der Waals surface area contributed by atoms with E-state index in [2.05, 4.69) is 9.97 Å². The van der Waals surface area contributed by atoms with Gasteiger partial charge >= 0.3 is 6.03 Å². The molecule has 9 heteroatoms. The van der Waals surface area contributed by atoms with Crippen LogP contribution in [0.4, 0.5) is 14.9 Å². The third kappa shape index (κ3) is 4.76. The Bertz CT molecular complexity index is 965. The number of urea groups is 1. The SMILES string of the molecule is Cc1cc(OC2CCCN(C(=O)CN3CCN(c4ccccc4F)C3=O)C2)nc(C)n1. The minimum absolute atomic E-state index is 0.0256. The van der Waals surface area contributed by atoms with Crippen LogP contribution in [0.1, 0.15) is 24.4 Å². The molecule has 4 rings (SSSR count). The smallest absolute Gasteiger partial charge is 0.325 e. The van der Waals surface area contributed by atoms with Crippen molar-refractivity contribution in [3.63, 3.8) is 0 Å². The summed E-state index contributed by atoms with van der Waals surface area (Å²) in [5.74, 6) is 0.576. The molecule has 0 aliphatic carbocycles. The molecule has 1 aromatic heterocycles. The summed E-state index contributed by atoms with van der Waals surface area (Å²) in [7, 11) is 0. The zero-order chi connectivity index (χ0) is 22.0. The lowest BCUT2D eigenvalue weighted by Gasteiger charge is -2.33. The Morgan fingerprint density at radius 1 is 1.19 bits per heavy atom. The number of hydrogen-bond acceptors (Lipinski definition) is 5. The van der Waals surface area contributed by atoms with Crippen LogP contribution in [0, 0.1) is 19.7 Å². The number of carbonyl (C=O) groups is 2. The molecule has 0 spiro atoms. The van der Waals surface area contributed by atoms with Gasteiger partial charge in [-0.05, 0) is 38.8 Å². The number of likely N-dealkylation sites (tertiary alicyclic amines) is 1. The Morgan fingerprint density at radius 3 is 2.77 bits per heavy atom. The van der Waals surface area contributed by atoms with E-state index in [1.54, 1.807) is 29.2 Å². The molecule has 164 valence electrons. The van der Waals surface area contributed by atoms with Gasteiger partial charge in [0.15, 0.2) is 0 Å². The predicted molar refractivity (Wildman–Crippen MR) is 112 cm³/mol. The highest BCUT2D eigenvalue weighted by Gasteiger charge is 2.34. The Morgan fingerprint density at radius 2 is 2.00 bits per heavy atom. The van der Waals surface area contributed by atoms with Crippen LogP contribution in [0.15, 0.2) is 30.3 Å².